The minimum Gasteiger partial charge on any atom is -0.384 e. The molecule has 2 aromatic carbocycles. The van der Waals surface area contributed by atoms with Gasteiger partial charge in [-0.3, -0.25) is 0 Å². The zero-order chi connectivity index (χ0) is 17.0. The van der Waals surface area contributed by atoms with Crippen LogP contribution in [-0.2, 0) is 6.18 Å². The van der Waals surface area contributed by atoms with Gasteiger partial charge in [-0.15, -0.1) is 5.73 Å². The largest absolute Gasteiger partial charge is 0.416 e. The van der Waals surface area contributed by atoms with Gasteiger partial charge in [0.15, 0.2) is 0 Å². The Morgan fingerprint density at radius 2 is 1.83 bits per heavy atom. The Bertz CT molecular complexity index is 742. The molecule has 0 aliphatic heterocycles. The monoisotopic (exact) mass is 338 g/mol. The highest BCUT2D eigenvalue weighted by Crippen LogP contribution is 2.30. The maximum atomic E-state index is 12.7. The zero-order valence-corrected chi connectivity index (χ0v) is 13.0. The van der Waals surface area contributed by atoms with Crippen molar-refractivity contribution in [1.29, 1.82) is 0 Å². The van der Waals surface area contributed by atoms with Crippen molar-refractivity contribution < 1.29 is 18.3 Å². The van der Waals surface area contributed by atoms with E-state index in [9.17, 15) is 18.3 Å². The molecule has 0 aliphatic carbocycles. The molecule has 2 rings (SSSR count). The van der Waals surface area contributed by atoms with Crippen molar-refractivity contribution in [3.63, 3.8) is 0 Å². The molecular formula is C18H14ClF3O. The lowest BCUT2D eigenvalue weighted by atomic mass is 10.0. The first-order valence-electron chi connectivity index (χ1n) is 6.82. The van der Waals surface area contributed by atoms with Crippen LogP contribution in [-0.4, -0.2) is 5.11 Å². The Labute approximate surface area is 137 Å². The average Bonchev–Trinajstić information content (AvgIpc) is 2.52. The van der Waals surface area contributed by atoms with Crippen LogP contribution in [0.25, 0.3) is 5.57 Å². The normalized spacial score (nSPS) is 12.4. The first kappa shape index (κ1) is 17.4. The maximum Gasteiger partial charge on any atom is 0.416 e. The molecule has 1 N–H and O–H groups in total. The average molecular weight is 339 g/mol. The summed E-state index contributed by atoms with van der Waals surface area (Å²) in [6.45, 7) is 1.64. The molecule has 0 radical (unpaired) electrons. The van der Waals surface area contributed by atoms with Gasteiger partial charge in [0.2, 0.25) is 0 Å². The van der Waals surface area contributed by atoms with Crippen molar-refractivity contribution in [2.75, 3.05) is 0 Å². The summed E-state index contributed by atoms with van der Waals surface area (Å²) in [5, 5.41) is 10.6. The molecule has 1 unspecified atom stereocenters. The molecule has 0 aliphatic rings. The summed E-state index contributed by atoms with van der Waals surface area (Å²) < 4.78 is 38.1. The van der Waals surface area contributed by atoms with Crippen LogP contribution < -0.4 is 0 Å². The van der Waals surface area contributed by atoms with Crippen LogP contribution in [0.1, 0.15) is 29.7 Å². The molecule has 0 fully saturated rings. The first-order valence-corrected chi connectivity index (χ1v) is 7.20. The Morgan fingerprint density at radius 3 is 2.43 bits per heavy atom. The molecular weight excluding hydrogens is 325 g/mol. The number of alkyl halides is 3. The summed E-state index contributed by atoms with van der Waals surface area (Å²) in [5.41, 5.74) is 3.65. The lowest BCUT2D eigenvalue weighted by Gasteiger charge is -2.08. The van der Waals surface area contributed by atoms with Gasteiger partial charge in [0, 0.05) is 5.02 Å². The van der Waals surface area contributed by atoms with Crippen LogP contribution >= 0.6 is 11.6 Å². The summed E-state index contributed by atoms with van der Waals surface area (Å²) in [5.74, 6) is 0. The number of hydrogen-bond donors (Lipinski definition) is 1. The van der Waals surface area contributed by atoms with E-state index in [2.05, 4.69) is 5.73 Å². The molecule has 1 atom stereocenters. The van der Waals surface area contributed by atoms with Crippen LogP contribution in [0.5, 0.6) is 0 Å². The van der Waals surface area contributed by atoms with E-state index in [0.717, 1.165) is 12.1 Å². The lowest BCUT2D eigenvalue weighted by Crippen LogP contribution is -2.04. The molecule has 0 bridgehead atoms. The molecule has 120 valence electrons. The predicted molar refractivity (Wildman–Crippen MR) is 85.0 cm³/mol. The number of hydrogen-bond acceptors (Lipinski definition) is 1. The van der Waals surface area contributed by atoms with E-state index >= 15 is 0 Å². The Kier molecular flexibility index (Phi) is 5.32. The molecule has 23 heavy (non-hydrogen) atoms. The highest BCUT2D eigenvalue weighted by Gasteiger charge is 2.30. The Balaban J connectivity index is 2.26. The van der Waals surface area contributed by atoms with Gasteiger partial charge in [-0.1, -0.05) is 35.9 Å². The van der Waals surface area contributed by atoms with Gasteiger partial charge >= 0.3 is 6.18 Å². The van der Waals surface area contributed by atoms with Gasteiger partial charge < -0.3 is 5.11 Å². The van der Waals surface area contributed by atoms with Crippen molar-refractivity contribution in [3.8, 4) is 0 Å². The smallest absolute Gasteiger partial charge is 0.384 e. The third kappa shape index (κ3) is 4.73. The van der Waals surface area contributed by atoms with Gasteiger partial charge in [0.1, 0.15) is 6.10 Å². The van der Waals surface area contributed by atoms with Gasteiger partial charge in [-0.25, -0.2) is 0 Å². The molecule has 0 amide bonds. The molecule has 2 aromatic rings. The number of benzene rings is 2. The molecule has 1 nitrogen and oxygen atoms in total. The third-order valence-electron chi connectivity index (χ3n) is 3.29. The van der Waals surface area contributed by atoms with Crippen LogP contribution in [0.15, 0.2) is 60.3 Å². The summed E-state index contributed by atoms with van der Waals surface area (Å²) in [4.78, 5) is 0. The minimum absolute atomic E-state index is 0.402. The summed E-state index contributed by atoms with van der Waals surface area (Å²) in [6, 6.07) is 11.6. The second-order valence-electron chi connectivity index (χ2n) is 5.01. The number of rotatable bonds is 3. The predicted octanol–water partition coefficient (Wildman–Crippen LogP) is 5.65. The van der Waals surface area contributed by atoms with E-state index in [4.69, 9.17) is 11.6 Å². The van der Waals surface area contributed by atoms with Crippen LogP contribution in [0, 0.1) is 0 Å². The number of aliphatic hydroxyl groups excluding tert-OH is 1. The van der Waals surface area contributed by atoms with E-state index in [-0.39, 0.29) is 0 Å². The van der Waals surface area contributed by atoms with Crippen molar-refractivity contribution in [3.05, 3.63) is 82.1 Å². The second-order valence-corrected chi connectivity index (χ2v) is 5.45. The lowest BCUT2D eigenvalue weighted by molar-refractivity contribution is -0.137. The molecule has 0 saturated carbocycles. The topological polar surface area (TPSA) is 20.2 Å². The van der Waals surface area contributed by atoms with E-state index in [1.165, 1.54) is 12.1 Å². The molecule has 5 heteroatoms. The summed E-state index contributed by atoms with van der Waals surface area (Å²) in [7, 11) is 0. The van der Waals surface area contributed by atoms with E-state index in [1.807, 2.05) is 0 Å². The first-order chi connectivity index (χ1) is 10.8. The minimum atomic E-state index is -4.39. The van der Waals surface area contributed by atoms with Crippen molar-refractivity contribution in [2.24, 2.45) is 0 Å². The fourth-order valence-electron chi connectivity index (χ4n) is 1.97. The maximum absolute atomic E-state index is 12.7. The standard InChI is InChI=1S/C18H14ClF3O/c1-12(14-3-2-4-15(11-14)18(20,21)22)5-10-17(23)13-6-8-16(19)9-7-13/h2-4,6-11,17,23H,1H3. The van der Waals surface area contributed by atoms with Crippen molar-refractivity contribution in [1.82, 2.24) is 0 Å². The van der Waals surface area contributed by atoms with Crippen molar-refractivity contribution >= 4 is 17.2 Å². The van der Waals surface area contributed by atoms with Gasteiger partial charge in [0.25, 0.3) is 0 Å². The highest BCUT2D eigenvalue weighted by molar-refractivity contribution is 6.30. The quantitative estimate of drug-likeness (QED) is 0.717. The second kappa shape index (κ2) is 7.05. The SMILES string of the molecule is CC(=C=CC(O)c1ccc(Cl)cc1)c1cccc(C(F)(F)F)c1. The fraction of sp³-hybridized carbons (Fsp3) is 0.167. The molecule has 0 heterocycles. The van der Waals surface area contributed by atoms with E-state index in [1.54, 1.807) is 37.3 Å². The fourth-order valence-corrected chi connectivity index (χ4v) is 2.10. The zero-order valence-electron chi connectivity index (χ0n) is 12.2. The molecule has 0 aromatic heterocycles. The number of halogens is 4. The van der Waals surface area contributed by atoms with E-state index < -0.39 is 17.8 Å². The van der Waals surface area contributed by atoms with Crippen LogP contribution in [0.3, 0.4) is 0 Å². The number of aliphatic hydroxyl groups is 1. The van der Waals surface area contributed by atoms with Gasteiger partial charge in [0.05, 0.1) is 5.56 Å². The van der Waals surface area contributed by atoms with Crippen LogP contribution in [0.4, 0.5) is 13.2 Å². The van der Waals surface area contributed by atoms with Gasteiger partial charge in [-0.05, 0) is 54.0 Å². The summed E-state index contributed by atoms with van der Waals surface area (Å²) >= 11 is 5.77. The summed E-state index contributed by atoms with van der Waals surface area (Å²) in [6.07, 6.45) is -3.89. The molecule has 0 spiro atoms. The Hall–Kier alpha value is -2.00. The van der Waals surface area contributed by atoms with Crippen LogP contribution in [0.2, 0.25) is 5.02 Å². The molecule has 0 saturated heterocycles. The van der Waals surface area contributed by atoms with Gasteiger partial charge in [-0.2, -0.15) is 13.2 Å². The Morgan fingerprint density at radius 1 is 1.17 bits per heavy atom. The van der Waals surface area contributed by atoms with E-state index in [0.29, 0.717) is 21.7 Å². The third-order valence-corrected chi connectivity index (χ3v) is 3.54. The van der Waals surface area contributed by atoms with Crippen molar-refractivity contribution in [2.45, 2.75) is 19.2 Å². The highest BCUT2D eigenvalue weighted by atomic mass is 35.5.